The molecular weight excluding hydrogens is 368 g/mol. The van der Waals surface area contributed by atoms with Crippen LogP contribution in [0, 0.1) is 0 Å². The van der Waals surface area contributed by atoms with Crippen LogP contribution in [-0.2, 0) is 9.59 Å². The van der Waals surface area contributed by atoms with Crippen LogP contribution < -0.4 is 10.2 Å². The molecule has 0 atom stereocenters. The lowest BCUT2D eigenvalue weighted by Gasteiger charge is -2.16. The molecule has 0 radical (unpaired) electrons. The Balaban J connectivity index is 1.40. The molecular formula is C20H21ClN2O2S. The third-order valence-electron chi connectivity index (χ3n) is 4.17. The van der Waals surface area contributed by atoms with E-state index >= 15 is 0 Å². The first-order valence-corrected chi connectivity index (χ1v) is 10.1. The molecule has 2 aromatic rings. The average Bonchev–Trinajstić information content (AvgIpc) is 3.07. The van der Waals surface area contributed by atoms with Gasteiger partial charge in [-0.1, -0.05) is 11.6 Å². The molecule has 1 heterocycles. The number of anilines is 2. The van der Waals surface area contributed by atoms with Gasteiger partial charge in [0.2, 0.25) is 11.8 Å². The van der Waals surface area contributed by atoms with Gasteiger partial charge in [-0.25, -0.2) is 0 Å². The van der Waals surface area contributed by atoms with Crippen molar-refractivity contribution >= 4 is 46.6 Å². The van der Waals surface area contributed by atoms with Crippen molar-refractivity contribution in [3.8, 4) is 0 Å². The van der Waals surface area contributed by atoms with Gasteiger partial charge < -0.3 is 10.2 Å². The van der Waals surface area contributed by atoms with Crippen LogP contribution in [0.2, 0.25) is 5.02 Å². The van der Waals surface area contributed by atoms with Crippen molar-refractivity contribution in [2.45, 2.75) is 30.6 Å². The lowest BCUT2D eigenvalue weighted by molar-refractivity contribution is -0.117. The lowest BCUT2D eigenvalue weighted by Crippen LogP contribution is -2.23. The number of carbonyl (C=O) groups excluding carboxylic acids is 2. The highest BCUT2D eigenvalue weighted by Crippen LogP contribution is 2.24. The Kier molecular flexibility index (Phi) is 6.58. The monoisotopic (exact) mass is 388 g/mol. The minimum Gasteiger partial charge on any atom is -0.326 e. The summed E-state index contributed by atoms with van der Waals surface area (Å²) in [4.78, 5) is 26.8. The first-order valence-electron chi connectivity index (χ1n) is 8.70. The fraction of sp³-hybridized carbons (Fsp3) is 0.300. The van der Waals surface area contributed by atoms with E-state index in [4.69, 9.17) is 11.6 Å². The molecule has 0 bridgehead atoms. The summed E-state index contributed by atoms with van der Waals surface area (Å²) in [5, 5.41) is 3.64. The van der Waals surface area contributed by atoms with E-state index < -0.39 is 0 Å². The second-order valence-electron chi connectivity index (χ2n) is 6.15. The van der Waals surface area contributed by atoms with Crippen LogP contribution in [-0.4, -0.2) is 24.1 Å². The molecule has 0 saturated carbocycles. The van der Waals surface area contributed by atoms with Gasteiger partial charge in [-0.05, 0) is 67.1 Å². The predicted octanol–water partition coefficient (Wildman–Crippen LogP) is 4.98. The van der Waals surface area contributed by atoms with Crippen LogP contribution in [0.25, 0.3) is 0 Å². The van der Waals surface area contributed by atoms with E-state index in [1.54, 1.807) is 16.7 Å². The number of benzene rings is 2. The molecule has 136 valence electrons. The standard InChI is InChI=1S/C20H21ClN2O2S/c21-15-5-11-18(12-6-15)26-14-2-3-19(24)22-16-7-9-17(10-8-16)23-13-1-4-20(23)25/h5-12H,1-4,13-14H2,(H,22,24). The van der Waals surface area contributed by atoms with E-state index in [0.29, 0.717) is 12.8 Å². The molecule has 4 nitrogen and oxygen atoms in total. The van der Waals surface area contributed by atoms with Gasteiger partial charge in [0, 0.05) is 40.7 Å². The molecule has 1 saturated heterocycles. The first kappa shape index (κ1) is 18.8. The summed E-state index contributed by atoms with van der Waals surface area (Å²) in [7, 11) is 0. The van der Waals surface area contributed by atoms with Crippen LogP contribution in [0.1, 0.15) is 25.7 Å². The molecule has 0 aliphatic carbocycles. The Morgan fingerprint density at radius 3 is 2.50 bits per heavy atom. The van der Waals surface area contributed by atoms with Gasteiger partial charge in [0.05, 0.1) is 0 Å². The van der Waals surface area contributed by atoms with Crippen LogP contribution in [0.3, 0.4) is 0 Å². The Labute approximate surface area is 162 Å². The Hall–Kier alpha value is -1.98. The molecule has 1 fully saturated rings. The minimum atomic E-state index is 0.00621. The highest BCUT2D eigenvalue weighted by molar-refractivity contribution is 7.99. The van der Waals surface area contributed by atoms with E-state index in [1.165, 1.54) is 0 Å². The van der Waals surface area contributed by atoms with Crippen LogP contribution in [0.5, 0.6) is 0 Å². The van der Waals surface area contributed by atoms with E-state index in [-0.39, 0.29) is 11.8 Å². The third-order valence-corrected chi connectivity index (χ3v) is 5.52. The van der Waals surface area contributed by atoms with Crippen molar-refractivity contribution in [3.05, 3.63) is 53.6 Å². The van der Waals surface area contributed by atoms with Gasteiger partial charge in [0.25, 0.3) is 0 Å². The van der Waals surface area contributed by atoms with E-state index in [2.05, 4.69) is 5.32 Å². The number of amides is 2. The molecule has 0 spiro atoms. The number of nitrogens with one attached hydrogen (secondary N) is 1. The average molecular weight is 389 g/mol. The summed E-state index contributed by atoms with van der Waals surface area (Å²) in [5.41, 5.74) is 1.65. The zero-order chi connectivity index (χ0) is 18.4. The highest BCUT2D eigenvalue weighted by Gasteiger charge is 2.21. The van der Waals surface area contributed by atoms with Crippen LogP contribution >= 0.6 is 23.4 Å². The van der Waals surface area contributed by atoms with Crippen molar-refractivity contribution in [2.24, 2.45) is 0 Å². The van der Waals surface area contributed by atoms with Crippen molar-refractivity contribution in [1.82, 2.24) is 0 Å². The molecule has 26 heavy (non-hydrogen) atoms. The van der Waals surface area contributed by atoms with Gasteiger partial charge in [0.1, 0.15) is 0 Å². The second-order valence-corrected chi connectivity index (χ2v) is 7.75. The summed E-state index contributed by atoms with van der Waals surface area (Å²) in [5.74, 6) is 1.05. The lowest BCUT2D eigenvalue weighted by atomic mass is 10.2. The maximum Gasteiger partial charge on any atom is 0.227 e. The van der Waals surface area contributed by atoms with Crippen molar-refractivity contribution < 1.29 is 9.59 Å². The van der Waals surface area contributed by atoms with Gasteiger partial charge in [-0.15, -0.1) is 11.8 Å². The van der Waals surface area contributed by atoms with E-state index in [1.807, 2.05) is 48.5 Å². The summed E-state index contributed by atoms with van der Waals surface area (Å²) in [6, 6.07) is 15.2. The highest BCUT2D eigenvalue weighted by atomic mass is 35.5. The Bertz CT molecular complexity index is 762. The maximum atomic E-state index is 12.1. The molecule has 3 rings (SSSR count). The third kappa shape index (κ3) is 5.26. The number of nitrogens with zero attached hydrogens (tertiary/aromatic N) is 1. The van der Waals surface area contributed by atoms with Gasteiger partial charge in [-0.2, -0.15) is 0 Å². The molecule has 2 amide bonds. The summed E-state index contributed by atoms with van der Waals surface area (Å²) in [6.07, 6.45) is 2.81. The number of rotatable bonds is 7. The predicted molar refractivity (Wildman–Crippen MR) is 108 cm³/mol. The molecule has 0 unspecified atom stereocenters. The topological polar surface area (TPSA) is 49.4 Å². The normalized spacial score (nSPS) is 13.9. The van der Waals surface area contributed by atoms with Crippen LogP contribution in [0.4, 0.5) is 11.4 Å². The van der Waals surface area contributed by atoms with Crippen molar-refractivity contribution in [3.63, 3.8) is 0 Å². The van der Waals surface area contributed by atoms with E-state index in [0.717, 1.165) is 46.4 Å². The molecule has 0 aromatic heterocycles. The zero-order valence-electron chi connectivity index (χ0n) is 14.4. The minimum absolute atomic E-state index is 0.00621. The quantitative estimate of drug-likeness (QED) is 0.537. The summed E-state index contributed by atoms with van der Waals surface area (Å²) in [6.45, 7) is 0.774. The first-order chi connectivity index (χ1) is 12.6. The number of hydrogen-bond acceptors (Lipinski definition) is 3. The molecule has 2 aromatic carbocycles. The van der Waals surface area contributed by atoms with E-state index in [9.17, 15) is 9.59 Å². The Morgan fingerprint density at radius 1 is 1.12 bits per heavy atom. The Morgan fingerprint density at radius 2 is 1.85 bits per heavy atom. The summed E-state index contributed by atoms with van der Waals surface area (Å²) < 4.78 is 0. The van der Waals surface area contributed by atoms with Gasteiger partial charge >= 0.3 is 0 Å². The molecule has 1 N–H and O–H groups in total. The number of thioether (sulfide) groups is 1. The molecule has 1 aliphatic heterocycles. The summed E-state index contributed by atoms with van der Waals surface area (Å²) >= 11 is 7.58. The van der Waals surface area contributed by atoms with Crippen molar-refractivity contribution in [1.29, 1.82) is 0 Å². The number of carbonyl (C=O) groups is 2. The second kappa shape index (κ2) is 9.10. The number of halogens is 1. The van der Waals surface area contributed by atoms with Gasteiger partial charge in [-0.3, -0.25) is 9.59 Å². The molecule has 1 aliphatic rings. The van der Waals surface area contributed by atoms with Crippen molar-refractivity contribution in [2.75, 3.05) is 22.5 Å². The molecule has 6 heteroatoms. The van der Waals surface area contributed by atoms with Crippen LogP contribution in [0.15, 0.2) is 53.4 Å². The zero-order valence-corrected chi connectivity index (χ0v) is 16.0. The smallest absolute Gasteiger partial charge is 0.227 e. The largest absolute Gasteiger partial charge is 0.326 e. The maximum absolute atomic E-state index is 12.1. The number of hydrogen-bond donors (Lipinski definition) is 1. The van der Waals surface area contributed by atoms with Gasteiger partial charge in [0.15, 0.2) is 0 Å². The SMILES string of the molecule is O=C(CCCSc1ccc(Cl)cc1)Nc1ccc(N2CCCC2=O)cc1. The fourth-order valence-corrected chi connectivity index (χ4v) is 3.80. The fourth-order valence-electron chi connectivity index (χ4n) is 2.82.